The lowest BCUT2D eigenvalue weighted by Crippen LogP contribution is -2.20. The van der Waals surface area contributed by atoms with Gasteiger partial charge in [0.15, 0.2) is 0 Å². The molecule has 0 amide bonds. The van der Waals surface area contributed by atoms with Crippen molar-refractivity contribution in [3.05, 3.63) is 34.1 Å². The molecule has 1 atom stereocenters. The first-order chi connectivity index (χ1) is 6.68. The molecular weight excluding hydrogens is 247 g/mol. The summed E-state index contributed by atoms with van der Waals surface area (Å²) in [6, 6.07) is 4.45. The Morgan fingerprint density at radius 3 is 2.71 bits per heavy atom. The van der Waals surface area contributed by atoms with Crippen molar-refractivity contribution in [3.8, 4) is 0 Å². The molecule has 1 saturated carbocycles. The standard InChI is InChI=1S/C11H12BrFO/c12-10-5-4-8(13)6-9(10)11(14)7-2-1-3-7/h4-7,11,14H,1-3H2/t11-/m1/s1. The van der Waals surface area contributed by atoms with Gasteiger partial charge in [-0.2, -0.15) is 0 Å². The number of hydrogen-bond donors (Lipinski definition) is 1. The number of aliphatic hydroxyl groups excluding tert-OH is 1. The van der Waals surface area contributed by atoms with E-state index in [1.807, 2.05) is 0 Å². The Balaban J connectivity index is 2.24. The summed E-state index contributed by atoms with van der Waals surface area (Å²) in [7, 11) is 0. The van der Waals surface area contributed by atoms with Crippen LogP contribution in [0.1, 0.15) is 30.9 Å². The van der Waals surface area contributed by atoms with Crippen LogP contribution in [0.15, 0.2) is 22.7 Å². The molecule has 0 aliphatic heterocycles. The molecule has 14 heavy (non-hydrogen) atoms. The van der Waals surface area contributed by atoms with E-state index >= 15 is 0 Å². The molecule has 1 nitrogen and oxygen atoms in total. The van der Waals surface area contributed by atoms with Gasteiger partial charge in [-0.05, 0) is 42.5 Å². The normalized spacial score (nSPS) is 19.1. The van der Waals surface area contributed by atoms with Gasteiger partial charge >= 0.3 is 0 Å². The van der Waals surface area contributed by atoms with Crippen molar-refractivity contribution in [2.45, 2.75) is 25.4 Å². The number of benzene rings is 1. The third kappa shape index (κ3) is 1.84. The summed E-state index contributed by atoms with van der Waals surface area (Å²) >= 11 is 3.33. The molecule has 0 unspecified atom stereocenters. The summed E-state index contributed by atoms with van der Waals surface area (Å²) in [5.41, 5.74) is 0.676. The minimum atomic E-state index is -0.520. The lowest BCUT2D eigenvalue weighted by Gasteiger charge is -2.30. The third-order valence-corrected chi connectivity index (χ3v) is 3.60. The summed E-state index contributed by atoms with van der Waals surface area (Å²) in [4.78, 5) is 0. The summed E-state index contributed by atoms with van der Waals surface area (Å²) in [6.07, 6.45) is 2.75. The minimum Gasteiger partial charge on any atom is -0.388 e. The average molecular weight is 259 g/mol. The molecule has 0 saturated heterocycles. The number of aliphatic hydroxyl groups is 1. The van der Waals surface area contributed by atoms with Gasteiger partial charge in [-0.15, -0.1) is 0 Å². The van der Waals surface area contributed by atoms with E-state index in [0.29, 0.717) is 11.5 Å². The van der Waals surface area contributed by atoms with Crippen LogP contribution in [0, 0.1) is 11.7 Å². The lowest BCUT2D eigenvalue weighted by atomic mass is 9.79. The molecule has 1 aliphatic rings. The van der Waals surface area contributed by atoms with Crippen molar-refractivity contribution in [1.29, 1.82) is 0 Å². The van der Waals surface area contributed by atoms with Gasteiger partial charge in [0.2, 0.25) is 0 Å². The van der Waals surface area contributed by atoms with Crippen molar-refractivity contribution >= 4 is 15.9 Å². The quantitative estimate of drug-likeness (QED) is 0.862. The zero-order chi connectivity index (χ0) is 10.1. The molecule has 76 valence electrons. The van der Waals surface area contributed by atoms with Gasteiger partial charge in [0.1, 0.15) is 5.82 Å². The van der Waals surface area contributed by atoms with Gasteiger partial charge in [0.25, 0.3) is 0 Å². The Bertz CT molecular complexity index is 336. The second-order valence-electron chi connectivity index (χ2n) is 3.80. The highest BCUT2D eigenvalue weighted by molar-refractivity contribution is 9.10. The first kappa shape index (κ1) is 10.1. The first-order valence-electron chi connectivity index (χ1n) is 4.81. The maximum absolute atomic E-state index is 13.0. The van der Waals surface area contributed by atoms with Crippen molar-refractivity contribution in [2.75, 3.05) is 0 Å². The monoisotopic (exact) mass is 258 g/mol. The van der Waals surface area contributed by atoms with Crippen molar-refractivity contribution in [2.24, 2.45) is 5.92 Å². The molecular formula is C11H12BrFO. The van der Waals surface area contributed by atoms with Gasteiger partial charge < -0.3 is 5.11 Å². The third-order valence-electron chi connectivity index (χ3n) is 2.87. The Morgan fingerprint density at radius 2 is 2.14 bits per heavy atom. The van der Waals surface area contributed by atoms with Crippen molar-refractivity contribution in [3.63, 3.8) is 0 Å². The molecule has 2 rings (SSSR count). The molecule has 0 heterocycles. The highest BCUT2D eigenvalue weighted by atomic mass is 79.9. The SMILES string of the molecule is O[C@@H](c1cc(F)ccc1Br)C1CCC1. The molecule has 0 spiro atoms. The first-order valence-corrected chi connectivity index (χ1v) is 5.61. The van der Waals surface area contributed by atoms with E-state index in [9.17, 15) is 9.50 Å². The van der Waals surface area contributed by atoms with E-state index in [1.54, 1.807) is 6.07 Å². The highest BCUT2D eigenvalue weighted by Gasteiger charge is 2.28. The van der Waals surface area contributed by atoms with Crippen LogP contribution in [-0.2, 0) is 0 Å². The smallest absolute Gasteiger partial charge is 0.123 e. The topological polar surface area (TPSA) is 20.2 Å². The fraction of sp³-hybridized carbons (Fsp3) is 0.455. The largest absolute Gasteiger partial charge is 0.388 e. The summed E-state index contributed by atoms with van der Waals surface area (Å²) in [5, 5.41) is 9.95. The van der Waals surface area contributed by atoms with Crippen LogP contribution in [0.4, 0.5) is 4.39 Å². The van der Waals surface area contributed by atoms with Gasteiger partial charge in [-0.25, -0.2) is 4.39 Å². The molecule has 3 heteroatoms. The van der Waals surface area contributed by atoms with Gasteiger partial charge in [0, 0.05) is 4.47 Å². The maximum Gasteiger partial charge on any atom is 0.123 e. The molecule has 1 aliphatic carbocycles. The summed E-state index contributed by atoms with van der Waals surface area (Å²) < 4.78 is 13.8. The number of halogens is 2. The second kappa shape index (κ2) is 3.99. The highest BCUT2D eigenvalue weighted by Crippen LogP contribution is 2.39. The summed E-state index contributed by atoms with van der Waals surface area (Å²) in [5.74, 6) is 0.0228. The second-order valence-corrected chi connectivity index (χ2v) is 4.66. The Hall–Kier alpha value is -0.410. The van der Waals surface area contributed by atoms with Crippen LogP contribution in [0.3, 0.4) is 0 Å². The van der Waals surface area contributed by atoms with Crippen LogP contribution < -0.4 is 0 Å². The Kier molecular flexibility index (Phi) is 2.88. The van der Waals surface area contributed by atoms with Crippen LogP contribution in [0.5, 0.6) is 0 Å². The lowest BCUT2D eigenvalue weighted by molar-refractivity contribution is 0.0613. The van der Waals surface area contributed by atoms with E-state index in [1.165, 1.54) is 18.6 Å². The van der Waals surface area contributed by atoms with Crippen LogP contribution >= 0.6 is 15.9 Å². The molecule has 1 aromatic rings. The molecule has 1 fully saturated rings. The van der Waals surface area contributed by atoms with Gasteiger partial charge in [-0.1, -0.05) is 22.4 Å². The fourth-order valence-electron chi connectivity index (χ4n) is 1.75. The fourth-order valence-corrected chi connectivity index (χ4v) is 2.23. The van der Waals surface area contributed by atoms with Gasteiger partial charge in [0.05, 0.1) is 6.10 Å². The Labute approximate surface area is 91.1 Å². The molecule has 0 aromatic heterocycles. The predicted molar refractivity (Wildman–Crippen MR) is 56.4 cm³/mol. The zero-order valence-corrected chi connectivity index (χ0v) is 9.30. The predicted octanol–water partition coefficient (Wildman–Crippen LogP) is 3.42. The van der Waals surface area contributed by atoms with E-state index in [0.717, 1.165) is 17.3 Å². The number of rotatable bonds is 2. The van der Waals surface area contributed by atoms with Gasteiger partial charge in [-0.3, -0.25) is 0 Å². The Morgan fingerprint density at radius 1 is 1.43 bits per heavy atom. The van der Waals surface area contributed by atoms with Crippen LogP contribution in [0.25, 0.3) is 0 Å². The average Bonchev–Trinajstić information content (AvgIpc) is 2.06. The van der Waals surface area contributed by atoms with Crippen molar-refractivity contribution < 1.29 is 9.50 Å². The van der Waals surface area contributed by atoms with Crippen LogP contribution in [-0.4, -0.2) is 5.11 Å². The van der Waals surface area contributed by atoms with E-state index in [-0.39, 0.29) is 5.82 Å². The van der Waals surface area contributed by atoms with Crippen LogP contribution in [0.2, 0.25) is 0 Å². The molecule has 0 radical (unpaired) electrons. The van der Waals surface area contributed by atoms with E-state index in [2.05, 4.69) is 15.9 Å². The molecule has 0 bridgehead atoms. The molecule has 1 aromatic carbocycles. The maximum atomic E-state index is 13.0. The zero-order valence-electron chi connectivity index (χ0n) is 7.71. The molecule has 1 N–H and O–H groups in total. The summed E-state index contributed by atoms with van der Waals surface area (Å²) in [6.45, 7) is 0. The minimum absolute atomic E-state index is 0.290. The van der Waals surface area contributed by atoms with Crippen molar-refractivity contribution in [1.82, 2.24) is 0 Å². The van der Waals surface area contributed by atoms with E-state index < -0.39 is 6.10 Å². The number of hydrogen-bond acceptors (Lipinski definition) is 1. The van der Waals surface area contributed by atoms with E-state index in [4.69, 9.17) is 0 Å².